The van der Waals surface area contributed by atoms with Gasteiger partial charge in [-0.05, 0) is 11.5 Å². The molecular formula is C14H13N2+. The Hall–Kier alpha value is -2.09. The molecule has 0 radical (unpaired) electrons. The molecule has 78 valence electrons. The molecule has 3 rings (SSSR count). The molecule has 0 saturated carbocycles. The van der Waals surface area contributed by atoms with Crippen LogP contribution in [0.1, 0.15) is 0 Å². The van der Waals surface area contributed by atoms with Crippen LogP contribution in [0.2, 0.25) is 0 Å². The molecule has 0 aliphatic carbocycles. The quantitative estimate of drug-likeness (QED) is 0.544. The number of hydrogen-bond acceptors (Lipinski definition) is 0. The van der Waals surface area contributed by atoms with Crippen molar-refractivity contribution in [3.05, 3.63) is 61.2 Å². The SMILES string of the molecule is C[n+]1ccn(-c2cccc3ccccc23)c1. The number of aryl methyl sites for hydroxylation is 1. The van der Waals surface area contributed by atoms with Crippen LogP contribution in [-0.4, -0.2) is 4.57 Å². The van der Waals surface area contributed by atoms with Crippen LogP contribution in [0.15, 0.2) is 61.2 Å². The Bertz CT molecular complexity index is 633. The highest BCUT2D eigenvalue weighted by atomic mass is 15.1. The average molecular weight is 209 g/mol. The van der Waals surface area contributed by atoms with Crippen molar-refractivity contribution in [2.45, 2.75) is 0 Å². The van der Waals surface area contributed by atoms with Crippen molar-refractivity contribution in [3.63, 3.8) is 0 Å². The summed E-state index contributed by atoms with van der Waals surface area (Å²) in [5.74, 6) is 0. The van der Waals surface area contributed by atoms with Gasteiger partial charge in [0.2, 0.25) is 6.33 Å². The maximum atomic E-state index is 2.16. The summed E-state index contributed by atoms with van der Waals surface area (Å²) < 4.78 is 4.18. The number of hydrogen-bond donors (Lipinski definition) is 0. The summed E-state index contributed by atoms with van der Waals surface area (Å²) in [4.78, 5) is 0. The van der Waals surface area contributed by atoms with Crippen LogP contribution in [0.4, 0.5) is 0 Å². The first-order chi connectivity index (χ1) is 7.84. The van der Waals surface area contributed by atoms with Crippen molar-refractivity contribution in [1.82, 2.24) is 4.57 Å². The van der Waals surface area contributed by atoms with Crippen LogP contribution in [0.3, 0.4) is 0 Å². The molecule has 0 unspecified atom stereocenters. The molecule has 0 atom stereocenters. The van der Waals surface area contributed by atoms with Crippen molar-refractivity contribution >= 4 is 10.8 Å². The summed E-state index contributed by atoms with van der Waals surface area (Å²) in [7, 11) is 2.03. The zero-order chi connectivity index (χ0) is 11.0. The lowest BCUT2D eigenvalue weighted by molar-refractivity contribution is -0.670. The first-order valence-corrected chi connectivity index (χ1v) is 5.36. The van der Waals surface area contributed by atoms with Crippen molar-refractivity contribution in [1.29, 1.82) is 0 Å². The van der Waals surface area contributed by atoms with Gasteiger partial charge in [-0.25, -0.2) is 9.13 Å². The molecule has 3 aromatic rings. The zero-order valence-corrected chi connectivity index (χ0v) is 9.17. The fourth-order valence-corrected chi connectivity index (χ4v) is 2.03. The van der Waals surface area contributed by atoms with E-state index in [0.29, 0.717) is 0 Å². The van der Waals surface area contributed by atoms with Crippen LogP contribution < -0.4 is 4.57 Å². The van der Waals surface area contributed by atoms with Gasteiger partial charge in [0, 0.05) is 5.39 Å². The maximum absolute atomic E-state index is 2.16. The van der Waals surface area contributed by atoms with Gasteiger partial charge in [0.15, 0.2) is 0 Å². The van der Waals surface area contributed by atoms with Crippen molar-refractivity contribution in [2.24, 2.45) is 7.05 Å². The Morgan fingerprint density at radius 1 is 1.00 bits per heavy atom. The Kier molecular flexibility index (Phi) is 2.00. The first-order valence-electron chi connectivity index (χ1n) is 5.36. The van der Waals surface area contributed by atoms with Gasteiger partial charge in [-0.15, -0.1) is 0 Å². The normalized spacial score (nSPS) is 10.8. The molecule has 2 nitrogen and oxygen atoms in total. The topological polar surface area (TPSA) is 8.81 Å². The molecule has 16 heavy (non-hydrogen) atoms. The summed E-state index contributed by atoms with van der Waals surface area (Å²) in [6.45, 7) is 0. The number of imidazole rings is 1. The minimum Gasteiger partial charge on any atom is -0.239 e. The molecular weight excluding hydrogens is 196 g/mol. The van der Waals surface area contributed by atoms with Crippen LogP contribution in [0.25, 0.3) is 16.5 Å². The Balaban J connectivity index is 2.31. The van der Waals surface area contributed by atoms with E-state index in [0.717, 1.165) is 0 Å². The van der Waals surface area contributed by atoms with E-state index in [9.17, 15) is 0 Å². The predicted octanol–water partition coefficient (Wildman–Crippen LogP) is 2.46. The number of aromatic nitrogens is 2. The molecule has 0 saturated heterocycles. The number of nitrogens with zero attached hydrogens (tertiary/aromatic N) is 2. The predicted molar refractivity (Wildman–Crippen MR) is 64.5 cm³/mol. The monoisotopic (exact) mass is 209 g/mol. The van der Waals surface area contributed by atoms with Gasteiger partial charge < -0.3 is 0 Å². The summed E-state index contributed by atoms with van der Waals surface area (Å²) in [5.41, 5.74) is 1.22. The van der Waals surface area contributed by atoms with Gasteiger partial charge in [0.1, 0.15) is 18.1 Å². The third kappa shape index (κ3) is 1.39. The summed E-state index contributed by atoms with van der Waals surface area (Å²) in [6, 6.07) is 14.8. The molecule has 0 aliphatic rings. The van der Waals surface area contributed by atoms with E-state index in [1.807, 2.05) is 17.8 Å². The zero-order valence-electron chi connectivity index (χ0n) is 9.17. The highest BCUT2D eigenvalue weighted by Gasteiger charge is 2.07. The van der Waals surface area contributed by atoms with Gasteiger partial charge in [-0.2, -0.15) is 0 Å². The fourth-order valence-electron chi connectivity index (χ4n) is 2.03. The van der Waals surface area contributed by atoms with Crippen molar-refractivity contribution in [3.8, 4) is 5.69 Å². The Labute approximate surface area is 94.4 Å². The van der Waals surface area contributed by atoms with Crippen LogP contribution in [0, 0.1) is 0 Å². The molecule has 0 bridgehead atoms. The largest absolute Gasteiger partial charge is 0.248 e. The summed E-state index contributed by atoms with van der Waals surface area (Å²) >= 11 is 0. The van der Waals surface area contributed by atoms with Gasteiger partial charge in [-0.3, -0.25) is 0 Å². The third-order valence-electron chi connectivity index (χ3n) is 2.81. The first kappa shape index (κ1) is 9.16. The molecule has 2 aromatic carbocycles. The minimum atomic E-state index is 1.22. The van der Waals surface area contributed by atoms with Crippen LogP contribution >= 0.6 is 0 Å². The fraction of sp³-hybridized carbons (Fsp3) is 0.0714. The smallest absolute Gasteiger partial charge is 0.239 e. The maximum Gasteiger partial charge on any atom is 0.248 e. The van der Waals surface area contributed by atoms with Crippen LogP contribution in [-0.2, 0) is 7.05 Å². The van der Waals surface area contributed by atoms with Gasteiger partial charge in [-0.1, -0.05) is 36.4 Å². The van der Waals surface area contributed by atoms with E-state index < -0.39 is 0 Å². The average Bonchev–Trinajstić information content (AvgIpc) is 2.75. The lowest BCUT2D eigenvalue weighted by Crippen LogP contribution is -2.23. The molecule has 0 spiro atoms. The molecule has 0 amide bonds. The lowest BCUT2D eigenvalue weighted by atomic mass is 10.1. The highest BCUT2D eigenvalue weighted by molar-refractivity contribution is 5.90. The van der Waals surface area contributed by atoms with Gasteiger partial charge >= 0.3 is 0 Å². The van der Waals surface area contributed by atoms with E-state index in [1.54, 1.807) is 0 Å². The molecule has 1 heterocycles. The molecule has 1 aromatic heterocycles. The van der Waals surface area contributed by atoms with E-state index in [1.165, 1.54) is 16.5 Å². The van der Waals surface area contributed by atoms with E-state index in [-0.39, 0.29) is 0 Å². The molecule has 0 N–H and O–H groups in total. The molecule has 0 aliphatic heterocycles. The Morgan fingerprint density at radius 2 is 1.81 bits per heavy atom. The van der Waals surface area contributed by atoms with E-state index in [2.05, 4.69) is 59.6 Å². The Morgan fingerprint density at radius 3 is 2.62 bits per heavy atom. The summed E-state index contributed by atoms with van der Waals surface area (Å²) in [5, 5.41) is 2.55. The number of benzene rings is 2. The standard InChI is InChI=1S/C14H13N2/c1-15-9-10-16(11-15)14-8-4-6-12-5-2-3-7-13(12)14/h2-11H,1H3/q+1. The van der Waals surface area contributed by atoms with Gasteiger partial charge in [0.25, 0.3) is 0 Å². The number of rotatable bonds is 1. The minimum absolute atomic E-state index is 1.22. The molecule has 0 fully saturated rings. The summed E-state index contributed by atoms with van der Waals surface area (Å²) in [6.07, 6.45) is 6.19. The second-order valence-electron chi connectivity index (χ2n) is 3.98. The number of fused-ring (bicyclic) bond motifs is 1. The van der Waals surface area contributed by atoms with E-state index in [4.69, 9.17) is 0 Å². The second kappa shape index (κ2) is 3.49. The lowest BCUT2D eigenvalue weighted by Gasteiger charge is -2.01. The van der Waals surface area contributed by atoms with Crippen molar-refractivity contribution < 1.29 is 4.57 Å². The van der Waals surface area contributed by atoms with E-state index >= 15 is 0 Å². The molecule has 2 heteroatoms. The van der Waals surface area contributed by atoms with Crippen molar-refractivity contribution in [2.75, 3.05) is 0 Å². The third-order valence-corrected chi connectivity index (χ3v) is 2.81. The van der Waals surface area contributed by atoms with Crippen LogP contribution in [0.5, 0.6) is 0 Å². The van der Waals surface area contributed by atoms with Gasteiger partial charge in [0.05, 0.1) is 7.05 Å². The second-order valence-corrected chi connectivity index (χ2v) is 3.98. The highest BCUT2D eigenvalue weighted by Crippen LogP contribution is 2.21.